The van der Waals surface area contributed by atoms with Crippen molar-refractivity contribution in [2.24, 2.45) is 0 Å². The van der Waals surface area contributed by atoms with E-state index in [9.17, 15) is 19.4 Å². The number of hydrogen-bond donors (Lipinski definition) is 2. The lowest BCUT2D eigenvalue weighted by Crippen LogP contribution is -2.45. The number of carbonyl (C=O) groups excluding carboxylic acids is 1. The minimum atomic E-state index is -4.61. The summed E-state index contributed by atoms with van der Waals surface area (Å²) in [5.74, 6) is -0.200. The third-order valence-electron chi connectivity index (χ3n) is 16.3. The van der Waals surface area contributed by atoms with Crippen LogP contribution in [0, 0.1) is 0 Å². The van der Waals surface area contributed by atoms with Crippen molar-refractivity contribution in [2.75, 3.05) is 40.9 Å². The van der Waals surface area contributed by atoms with Gasteiger partial charge in [0.1, 0.15) is 13.2 Å². The molecule has 0 aromatic rings. The van der Waals surface area contributed by atoms with E-state index in [-0.39, 0.29) is 19.1 Å². The Morgan fingerprint density at radius 2 is 0.728 bits per heavy atom. The highest BCUT2D eigenvalue weighted by atomic mass is 31.2. The fourth-order valence-electron chi connectivity index (χ4n) is 10.7. The van der Waals surface area contributed by atoms with Crippen molar-refractivity contribution in [2.45, 2.75) is 366 Å². The lowest BCUT2D eigenvalue weighted by atomic mass is 10.0. The smallest absolute Gasteiger partial charge is 0.268 e. The molecule has 2 N–H and O–H groups in total. The van der Waals surface area contributed by atoms with Crippen molar-refractivity contribution in [3.05, 3.63) is 48.6 Å². The van der Waals surface area contributed by atoms with E-state index >= 15 is 0 Å². The van der Waals surface area contributed by atoms with Gasteiger partial charge in [-0.1, -0.05) is 332 Å². The van der Waals surface area contributed by atoms with Crippen molar-refractivity contribution in [1.82, 2.24) is 5.32 Å². The number of likely N-dealkylation sites (N-methyl/N-ethyl adjacent to an activating group) is 1. The molecule has 0 aliphatic heterocycles. The molecule has 9 heteroatoms. The summed E-state index contributed by atoms with van der Waals surface area (Å²) in [7, 11) is 1.26. The number of aliphatic hydroxyl groups excluding tert-OH is 1. The molecule has 0 saturated heterocycles. The first kappa shape index (κ1) is 79.5. The molecule has 8 nitrogen and oxygen atoms in total. The van der Waals surface area contributed by atoms with Crippen LogP contribution in [0.5, 0.6) is 0 Å². The van der Waals surface area contributed by atoms with Gasteiger partial charge in [0.15, 0.2) is 0 Å². The number of phosphoric acid groups is 1. The highest BCUT2D eigenvalue weighted by molar-refractivity contribution is 7.45. The van der Waals surface area contributed by atoms with Crippen LogP contribution in [0.2, 0.25) is 0 Å². The molecule has 3 atom stereocenters. The number of quaternary nitrogens is 1. The minimum absolute atomic E-state index is 0.00496. The Hall–Kier alpha value is -1.54. The molecular weight excluding hydrogens is 1020 g/mol. The van der Waals surface area contributed by atoms with Gasteiger partial charge in [-0.3, -0.25) is 9.36 Å². The minimum Gasteiger partial charge on any atom is -0.756 e. The first-order valence-corrected chi connectivity index (χ1v) is 37.0. The summed E-state index contributed by atoms with van der Waals surface area (Å²) >= 11 is 0. The Bertz CT molecular complexity index is 1460. The molecule has 0 aliphatic carbocycles. The number of nitrogens with zero attached hydrogens (tertiary/aromatic N) is 1. The van der Waals surface area contributed by atoms with E-state index in [2.05, 4.69) is 55.6 Å². The van der Waals surface area contributed by atoms with E-state index in [1.54, 1.807) is 6.08 Å². The predicted molar refractivity (Wildman–Crippen MR) is 353 cm³/mol. The molecule has 0 heterocycles. The zero-order chi connectivity index (χ0) is 59.1. The number of rotatable bonds is 66. The SMILES string of the molecule is CCCCCCC/C=C\C/C=C\CCCCCCCCCCCCCCCCCCCCCCCCCC(=O)NC(COP(=O)([O-])OCC[N+](C)(C)C)C(O)/C=C/CC/C=C/CCCCCCCCCCCCCCCCCCCC. The Morgan fingerprint density at radius 3 is 1.07 bits per heavy atom. The maximum absolute atomic E-state index is 13.0. The summed E-state index contributed by atoms with van der Waals surface area (Å²) in [5.41, 5.74) is 0. The topological polar surface area (TPSA) is 108 Å². The fraction of sp³-hybridized carbons (Fsp3) is 0.875. The van der Waals surface area contributed by atoms with Crippen LogP contribution in [0.1, 0.15) is 354 Å². The third kappa shape index (κ3) is 65.9. The van der Waals surface area contributed by atoms with Gasteiger partial charge in [0, 0.05) is 6.42 Å². The molecule has 0 fully saturated rings. The van der Waals surface area contributed by atoms with Crippen molar-refractivity contribution in [1.29, 1.82) is 0 Å². The van der Waals surface area contributed by atoms with E-state index in [1.165, 1.54) is 289 Å². The van der Waals surface area contributed by atoms with Crippen LogP contribution >= 0.6 is 7.82 Å². The van der Waals surface area contributed by atoms with Gasteiger partial charge in [-0.25, -0.2) is 0 Å². The molecule has 0 aliphatic rings. The lowest BCUT2D eigenvalue weighted by molar-refractivity contribution is -0.870. The summed E-state index contributed by atoms with van der Waals surface area (Å²) < 4.78 is 23.4. The van der Waals surface area contributed by atoms with Crippen molar-refractivity contribution >= 4 is 13.7 Å². The van der Waals surface area contributed by atoms with Gasteiger partial charge < -0.3 is 28.8 Å². The van der Waals surface area contributed by atoms with E-state index in [0.29, 0.717) is 17.4 Å². The Kier molecular flexibility index (Phi) is 61.8. The van der Waals surface area contributed by atoms with Crippen LogP contribution in [0.3, 0.4) is 0 Å². The number of aliphatic hydroxyl groups is 1. The molecule has 478 valence electrons. The fourth-order valence-corrected chi connectivity index (χ4v) is 11.5. The van der Waals surface area contributed by atoms with Gasteiger partial charge in [0.25, 0.3) is 7.82 Å². The highest BCUT2D eigenvalue weighted by Gasteiger charge is 2.23. The van der Waals surface area contributed by atoms with Gasteiger partial charge in [-0.15, -0.1) is 0 Å². The summed E-state index contributed by atoms with van der Waals surface area (Å²) in [6.45, 7) is 4.67. The zero-order valence-corrected chi connectivity index (χ0v) is 55.6. The van der Waals surface area contributed by atoms with E-state index < -0.39 is 20.0 Å². The Labute approximate surface area is 505 Å². The van der Waals surface area contributed by atoms with Gasteiger partial charge in [0.05, 0.1) is 39.9 Å². The number of allylic oxidation sites excluding steroid dienone is 7. The molecule has 0 saturated carbocycles. The molecular formula is C72H139N2O6P. The Morgan fingerprint density at radius 1 is 0.432 bits per heavy atom. The predicted octanol–water partition coefficient (Wildman–Crippen LogP) is 22.0. The van der Waals surface area contributed by atoms with E-state index in [4.69, 9.17) is 9.05 Å². The van der Waals surface area contributed by atoms with Gasteiger partial charge in [-0.2, -0.15) is 0 Å². The molecule has 1 amide bonds. The van der Waals surface area contributed by atoms with Crippen LogP contribution in [-0.2, 0) is 18.4 Å². The van der Waals surface area contributed by atoms with E-state index in [0.717, 1.165) is 44.9 Å². The van der Waals surface area contributed by atoms with Crippen LogP contribution in [0.4, 0.5) is 0 Å². The molecule has 0 aromatic heterocycles. The number of phosphoric ester groups is 1. The number of carbonyl (C=O) groups is 1. The van der Waals surface area contributed by atoms with Gasteiger partial charge in [0.2, 0.25) is 5.91 Å². The standard InChI is InChI=1S/C72H139N2O6P/c1-6-8-10-12-14-16-18-20-22-24-26-28-30-32-33-34-35-36-37-38-39-40-41-42-44-46-48-50-52-54-56-58-60-62-64-66-72(76)73-70(69-80-81(77,78)79-68-67-74(3,4)5)71(75)65-63-61-59-57-55-53-51-49-47-45-43-31-29-27-25-23-21-19-17-15-13-11-9-7-2/h18,20,24,26,55,57,63,65,70-71,75H,6-17,19,21-23,25,27-54,56,58-62,64,66-69H2,1-5H3,(H-,73,76,77,78)/b20-18-,26-24-,57-55+,65-63+. The lowest BCUT2D eigenvalue weighted by Gasteiger charge is -2.29. The number of amides is 1. The molecule has 0 bridgehead atoms. The maximum Gasteiger partial charge on any atom is 0.268 e. The van der Waals surface area contributed by atoms with Crippen LogP contribution < -0.4 is 10.2 Å². The summed E-state index contributed by atoms with van der Waals surface area (Å²) in [5, 5.41) is 13.9. The largest absolute Gasteiger partial charge is 0.756 e. The second kappa shape index (κ2) is 63.0. The van der Waals surface area contributed by atoms with Crippen LogP contribution in [0.15, 0.2) is 48.6 Å². The molecule has 81 heavy (non-hydrogen) atoms. The second-order valence-electron chi connectivity index (χ2n) is 25.6. The molecule has 3 unspecified atom stereocenters. The quantitative estimate of drug-likeness (QED) is 0.0272. The average molecular weight is 1160 g/mol. The van der Waals surface area contributed by atoms with Crippen LogP contribution in [0.25, 0.3) is 0 Å². The number of nitrogens with one attached hydrogen (secondary N) is 1. The third-order valence-corrected chi connectivity index (χ3v) is 17.2. The number of hydrogen-bond acceptors (Lipinski definition) is 6. The monoisotopic (exact) mass is 1160 g/mol. The molecule has 0 radical (unpaired) electrons. The van der Waals surface area contributed by atoms with Crippen molar-refractivity contribution < 1.29 is 32.9 Å². The summed E-state index contributed by atoms with van der Waals surface area (Å²) in [6, 6.07) is -0.904. The van der Waals surface area contributed by atoms with Crippen LogP contribution in [-0.4, -0.2) is 68.5 Å². The first-order chi connectivity index (χ1) is 39.5. The van der Waals surface area contributed by atoms with Crippen molar-refractivity contribution in [3.63, 3.8) is 0 Å². The molecule has 0 spiro atoms. The van der Waals surface area contributed by atoms with Gasteiger partial charge in [-0.05, 0) is 64.2 Å². The van der Waals surface area contributed by atoms with E-state index in [1.807, 2.05) is 27.2 Å². The molecule has 0 rings (SSSR count). The molecule has 0 aromatic carbocycles. The Balaban J connectivity index is 4.03. The zero-order valence-electron chi connectivity index (χ0n) is 54.8. The maximum atomic E-state index is 13.0. The summed E-state index contributed by atoms with van der Waals surface area (Å²) in [4.78, 5) is 25.6. The highest BCUT2D eigenvalue weighted by Crippen LogP contribution is 2.38. The second-order valence-corrected chi connectivity index (χ2v) is 27.0. The normalized spacial score (nSPS) is 13.9. The number of unbranched alkanes of at least 4 members (excludes halogenated alkanes) is 47. The average Bonchev–Trinajstić information content (AvgIpc) is 3.43. The first-order valence-electron chi connectivity index (χ1n) is 35.5. The summed E-state index contributed by atoms with van der Waals surface area (Å²) in [6.07, 6.45) is 85.3. The van der Waals surface area contributed by atoms with Gasteiger partial charge >= 0.3 is 0 Å². The van der Waals surface area contributed by atoms with Crippen molar-refractivity contribution in [3.8, 4) is 0 Å².